The van der Waals surface area contributed by atoms with E-state index >= 15 is 0 Å². The van der Waals surface area contributed by atoms with Crippen molar-refractivity contribution in [1.29, 1.82) is 0 Å². The first-order valence-corrected chi connectivity index (χ1v) is 3.30. The third kappa shape index (κ3) is 0.952. The van der Waals surface area contributed by atoms with Crippen LogP contribution in [-0.4, -0.2) is 14.6 Å². The van der Waals surface area contributed by atoms with E-state index in [1.54, 1.807) is 12.3 Å². The Morgan fingerprint density at radius 1 is 1.55 bits per heavy atom. The zero-order valence-electron chi connectivity index (χ0n) is 5.33. The summed E-state index contributed by atoms with van der Waals surface area (Å²) < 4.78 is 14.0. The molecule has 56 valence electrons. The molecule has 0 aliphatic heterocycles. The largest absolute Gasteiger partial charge is 0.220 e. The lowest BCUT2D eigenvalue weighted by atomic mass is 10.6. The fraction of sp³-hybridized carbons (Fsp3) is 0. The second kappa shape index (κ2) is 2.17. The number of hydrogen-bond donors (Lipinski definition) is 0. The van der Waals surface area contributed by atoms with Gasteiger partial charge in [-0.15, -0.1) is 0 Å². The quantitative estimate of drug-likeness (QED) is 0.563. The van der Waals surface area contributed by atoms with Crippen LogP contribution in [0.15, 0.2) is 18.5 Å². The molecule has 0 fully saturated rings. The van der Waals surface area contributed by atoms with Gasteiger partial charge in [0.1, 0.15) is 5.15 Å². The van der Waals surface area contributed by atoms with Gasteiger partial charge < -0.3 is 0 Å². The van der Waals surface area contributed by atoms with Gasteiger partial charge in [-0.1, -0.05) is 11.6 Å². The van der Waals surface area contributed by atoms with E-state index < -0.39 is 5.82 Å². The van der Waals surface area contributed by atoms with Crippen molar-refractivity contribution in [2.75, 3.05) is 0 Å². The van der Waals surface area contributed by atoms with Crippen molar-refractivity contribution in [2.45, 2.75) is 0 Å². The van der Waals surface area contributed by atoms with E-state index in [0.29, 0.717) is 0 Å². The van der Waals surface area contributed by atoms with E-state index in [4.69, 9.17) is 11.6 Å². The minimum atomic E-state index is -0.465. The zero-order chi connectivity index (χ0) is 7.84. The highest BCUT2D eigenvalue weighted by molar-refractivity contribution is 6.29. The fourth-order valence-electron chi connectivity index (χ4n) is 0.819. The molecule has 0 aromatic carbocycles. The van der Waals surface area contributed by atoms with Crippen LogP contribution < -0.4 is 0 Å². The molecule has 2 aromatic rings. The number of halogens is 2. The van der Waals surface area contributed by atoms with Gasteiger partial charge in [-0.05, 0) is 6.07 Å². The highest BCUT2D eigenvalue weighted by Crippen LogP contribution is 2.09. The van der Waals surface area contributed by atoms with Crippen molar-refractivity contribution in [3.05, 3.63) is 29.4 Å². The minimum Gasteiger partial charge on any atom is -0.220 e. The first kappa shape index (κ1) is 6.54. The lowest BCUT2D eigenvalue weighted by Crippen LogP contribution is -1.88. The molecule has 5 heteroatoms. The number of fused-ring (bicyclic) bond motifs is 1. The van der Waals surface area contributed by atoms with Crippen molar-refractivity contribution in [2.24, 2.45) is 0 Å². The van der Waals surface area contributed by atoms with Crippen molar-refractivity contribution >= 4 is 17.2 Å². The molecule has 0 unspecified atom stereocenters. The van der Waals surface area contributed by atoms with Gasteiger partial charge in [0.15, 0.2) is 11.5 Å². The van der Waals surface area contributed by atoms with Gasteiger partial charge in [-0.25, -0.2) is 13.9 Å². The highest BCUT2D eigenvalue weighted by atomic mass is 35.5. The monoisotopic (exact) mass is 171 g/mol. The van der Waals surface area contributed by atoms with Crippen LogP contribution in [0.3, 0.4) is 0 Å². The van der Waals surface area contributed by atoms with Crippen LogP contribution in [0.4, 0.5) is 4.39 Å². The topological polar surface area (TPSA) is 30.2 Å². The van der Waals surface area contributed by atoms with Crippen LogP contribution in [0.2, 0.25) is 5.15 Å². The summed E-state index contributed by atoms with van der Waals surface area (Å²) in [6, 6.07) is 1.54. The maximum absolute atomic E-state index is 12.7. The summed E-state index contributed by atoms with van der Waals surface area (Å²) >= 11 is 5.53. The predicted molar refractivity (Wildman–Crippen MR) is 38.0 cm³/mol. The molecule has 0 N–H and O–H groups in total. The van der Waals surface area contributed by atoms with E-state index in [9.17, 15) is 4.39 Å². The lowest BCUT2D eigenvalue weighted by molar-refractivity contribution is 0.636. The normalized spacial score (nSPS) is 10.7. The van der Waals surface area contributed by atoms with Crippen LogP contribution >= 0.6 is 11.6 Å². The molecule has 0 spiro atoms. The number of rotatable bonds is 0. The summed E-state index contributed by atoms with van der Waals surface area (Å²) in [6.45, 7) is 0. The summed E-state index contributed by atoms with van der Waals surface area (Å²) in [4.78, 5) is 3.73. The Kier molecular flexibility index (Phi) is 1.29. The second-order valence-corrected chi connectivity index (χ2v) is 2.40. The first-order valence-electron chi connectivity index (χ1n) is 2.93. The average Bonchev–Trinajstić information content (AvgIpc) is 2.33. The maximum atomic E-state index is 12.7. The van der Waals surface area contributed by atoms with Crippen molar-refractivity contribution in [1.82, 2.24) is 14.6 Å². The van der Waals surface area contributed by atoms with E-state index in [2.05, 4.69) is 10.1 Å². The van der Waals surface area contributed by atoms with Crippen molar-refractivity contribution in [3.63, 3.8) is 0 Å². The molecule has 0 saturated heterocycles. The highest BCUT2D eigenvalue weighted by Gasteiger charge is 2.03. The molecule has 0 aliphatic rings. The molecule has 11 heavy (non-hydrogen) atoms. The Labute approximate surface area is 66.4 Å². The third-order valence-electron chi connectivity index (χ3n) is 1.29. The van der Waals surface area contributed by atoms with Gasteiger partial charge in [0.05, 0.1) is 6.20 Å². The molecule has 0 amide bonds. The minimum absolute atomic E-state index is 0.150. The molecular weight excluding hydrogens is 169 g/mol. The summed E-state index contributed by atoms with van der Waals surface area (Å²) in [6.07, 6.45) is 2.65. The van der Waals surface area contributed by atoms with Crippen molar-refractivity contribution in [3.8, 4) is 0 Å². The van der Waals surface area contributed by atoms with Gasteiger partial charge in [-0.3, -0.25) is 0 Å². The van der Waals surface area contributed by atoms with Gasteiger partial charge in [0, 0.05) is 6.20 Å². The Morgan fingerprint density at radius 3 is 3.18 bits per heavy atom. The van der Waals surface area contributed by atoms with Crippen LogP contribution in [0.1, 0.15) is 0 Å². The molecular formula is C6H3ClFN3. The average molecular weight is 172 g/mol. The van der Waals surface area contributed by atoms with E-state index in [1.807, 2.05) is 0 Å². The Morgan fingerprint density at radius 2 is 2.36 bits per heavy atom. The third-order valence-corrected chi connectivity index (χ3v) is 1.50. The van der Waals surface area contributed by atoms with E-state index in [1.165, 1.54) is 4.52 Å². The SMILES string of the molecule is Fc1cnn2ccc(Cl)nc12. The predicted octanol–water partition coefficient (Wildman–Crippen LogP) is 1.52. The summed E-state index contributed by atoms with van der Waals surface area (Å²) in [5, 5.41) is 3.94. The van der Waals surface area contributed by atoms with Crippen molar-refractivity contribution < 1.29 is 4.39 Å². The number of hydrogen-bond acceptors (Lipinski definition) is 2. The molecule has 0 atom stereocenters. The Balaban J connectivity index is 2.87. The second-order valence-electron chi connectivity index (χ2n) is 2.01. The molecule has 2 aromatic heterocycles. The standard InChI is InChI=1S/C6H3ClFN3/c7-5-1-2-11-6(10-5)4(8)3-9-11/h1-3H. The van der Waals surface area contributed by atoms with E-state index in [0.717, 1.165) is 6.20 Å². The molecule has 0 saturated carbocycles. The summed E-state index contributed by atoms with van der Waals surface area (Å²) in [7, 11) is 0. The van der Waals surface area contributed by atoms with Gasteiger partial charge >= 0.3 is 0 Å². The smallest absolute Gasteiger partial charge is 0.192 e. The van der Waals surface area contributed by atoms with Crippen LogP contribution in [0, 0.1) is 5.82 Å². The molecule has 0 bridgehead atoms. The van der Waals surface area contributed by atoms with Gasteiger partial charge in [-0.2, -0.15) is 5.10 Å². The Bertz CT molecular complexity index is 398. The van der Waals surface area contributed by atoms with Crippen LogP contribution in [-0.2, 0) is 0 Å². The molecule has 2 heterocycles. The zero-order valence-corrected chi connectivity index (χ0v) is 6.09. The molecule has 2 rings (SSSR count). The Hall–Kier alpha value is -1.16. The van der Waals surface area contributed by atoms with Crippen LogP contribution in [0.5, 0.6) is 0 Å². The maximum Gasteiger partial charge on any atom is 0.192 e. The number of aromatic nitrogens is 3. The first-order chi connectivity index (χ1) is 5.27. The summed E-state index contributed by atoms with van der Waals surface area (Å²) in [5.74, 6) is -0.465. The van der Waals surface area contributed by atoms with Crippen LogP contribution in [0.25, 0.3) is 5.65 Å². The van der Waals surface area contributed by atoms with E-state index in [-0.39, 0.29) is 10.8 Å². The van der Waals surface area contributed by atoms with Gasteiger partial charge in [0.25, 0.3) is 0 Å². The summed E-state index contributed by atoms with van der Waals surface area (Å²) in [5.41, 5.74) is 0.150. The number of nitrogens with zero attached hydrogens (tertiary/aromatic N) is 3. The lowest BCUT2D eigenvalue weighted by Gasteiger charge is -1.90. The molecule has 3 nitrogen and oxygen atoms in total. The van der Waals surface area contributed by atoms with Gasteiger partial charge in [0.2, 0.25) is 0 Å². The fourth-order valence-corrected chi connectivity index (χ4v) is 0.955. The molecule has 0 aliphatic carbocycles. The molecule has 0 radical (unpaired) electrons.